The van der Waals surface area contributed by atoms with Crippen molar-refractivity contribution in [3.8, 4) is 0 Å². The zero-order chi connectivity index (χ0) is 13.1. The fourth-order valence-electron chi connectivity index (χ4n) is 1.38. The summed E-state index contributed by atoms with van der Waals surface area (Å²) < 4.78 is 4.56. The number of nitrogens with one attached hydrogen (secondary N) is 1. The Morgan fingerprint density at radius 2 is 1.94 bits per heavy atom. The predicted octanol–water partition coefficient (Wildman–Crippen LogP) is 1.42. The molecular weight excluding hydrogens is 218 g/mol. The van der Waals surface area contributed by atoms with Gasteiger partial charge < -0.3 is 15.8 Å². The van der Waals surface area contributed by atoms with Crippen molar-refractivity contribution in [1.29, 1.82) is 0 Å². The minimum atomic E-state index is -0.131. The van der Waals surface area contributed by atoms with Crippen LogP contribution in [0.2, 0.25) is 0 Å². The van der Waals surface area contributed by atoms with Gasteiger partial charge in [0.15, 0.2) is 5.96 Å². The maximum absolute atomic E-state index is 10.8. The Kier molecular flexibility index (Phi) is 9.19. The van der Waals surface area contributed by atoms with E-state index in [0.717, 1.165) is 32.2 Å². The van der Waals surface area contributed by atoms with Crippen molar-refractivity contribution in [2.45, 2.75) is 52.0 Å². The summed E-state index contributed by atoms with van der Waals surface area (Å²) in [6, 6.07) is 0.318. The van der Waals surface area contributed by atoms with Gasteiger partial charge in [-0.15, -0.1) is 0 Å². The van der Waals surface area contributed by atoms with E-state index in [0.29, 0.717) is 18.4 Å². The smallest absolute Gasteiger partial charge is 0.305 e. The van der Waals surface area contributed by atoms with Gasteiger partial charge in [-0.2, -0.15) is 0 Å². The number of nitrogens with zero attached hydrogens (tertiary/aromatic N) is 1. The normalized spacial score (nSPS) is 11.6. The molecule has 0 atom stereocenters. The van der Waals surface area contributed by atoms with Gasteiger partial charge in [0.1, 0.15) is 0 Å². The SMILES string of the molecule is COC(=O)CCCCCCN=C(N)NC(C)C. The van der Waals surface area contributed by atoms with Crippen LogP contribution in [0.5, 0.6) is 0 Å². The molecule has 0 radical (unpaired) electrons. The Morgan fingerprint density at radius 3 is 2.53 bits per heavy atom. The number of hydrogen-bond acceptors (Lipinski definition) is 3. The van der Waals surface area contributed by atoms with E-state index in [2.05, 4.69) is 15.0 Å². The summed E-state index contributed by atoms with van der Waals surface area (Å²) in [7, 11) is 1.42. The largest absolute Gasteiger partial charge is 0.469 e. The number of unbranched alkanes of at least 4 members (excludes halogenated alkanes) is 3. The average Bonchev–Trinajstić information content (AvgIpc) is 2.26. The molecule has 0 amide bonds. The van der Waals surface area contributed by atoms with Gasteiger partial charge in [0.25, 0.3) is 0 Å². The molecule has 0 aliphatic rings. The van der Waals surface area contributed by atoms with Gasteiger partial charge in [-0.1, -0.05) is 12.8 Å². The monoisotopic (exact) mass is 243 g/mol. The van der Waals surface area contributed by atoms with Gasteiger partial charge in [0.2, 0.25) is 0 Å². The molecular formula is C12H25N3O2. The lowest BCUT2D eigenvalue weighted by atomic mass is 10.1. The fourth-order valence-corrected chi connectivity index (χ4v) is 1.38. The van der Waals surface area contributed by atoms with Crippen molar-refractivity contribution < 1.29 is 9.53 Å². The highest BCUT2D eigenvalue weighted by atomic mass is 16.5. The molecule has 17 heavy (non-hydrogen) atoms. The van der Waals surface area contributed by atoms with Crippen molar-refractivity contribution in [2.24, 2.45) is 10.7 Å². The molecule has 0 rings (SSSR count). The van der Waals surface area contributed by atoms with Gasteiger partial charge in [0, 0.05) is 19.0 Å². The second-order valence-electron chi connectivity index (χ2n) is 4.31. The fraction of sp³-hybridized carbons (Fsp3) is 0.833. The molecule has 100 valence electrons. The van der Waals surface area contributed by atoms with Crippen LogP contribution < -0.4 is 11.1 Å². The minimum Gasteiger partial charge on any atom is -0.469 e. The molecule has 0 aliphatic heterocycles. The summed E-state index contributed by atoms with van der Waals surface area (Å²) in [4.78, 5) is 15.0. The quantitative estimate of drug-likeness (QED) is 0.292. The third kappa shape index (κ3) is 11.0. The molecule has 0 saturated heterocycles. The van der Waals surface area contributed by atoms with Crippen molar-refractivity contribution in [1.82, 2.24) is 5.32 Å². The molecule has 3 N–H and O–H groups in total. The van der Waals surface area contributed by atoms with Gasteiger partial charge in [-0.05, 0) is 26.7 Å². The highest BCUT2D eigenvalue weighted by Crippen LogP contribution is 2.03. The predicted molar refractivity (Wildman–Crippen MR) is 69.9 cm³/mol. The molecule has 0 aliphatic carbocycles. The first-order chi connectivity index (χ1) is 8.06. The number of carbonyl (C=O) groups is 1. The number of rotatable bonds is 8. The van der Waals surface area contributed by atoms with Crippen molar-refractivity contribution in [2.75, 3.05) is 13.7 Å². The topological polar surface area (TPSA) is 76.7 Å². The summed E-state index contributed by atoms with van der Waals surface area (Å²) in [5.41, 5.74) is 5.65. The van der Waals surface area contributed by atoms with Gasteiger partial charge in [0.05, 0.1) is 7.11 Å². The lowest BCUT2D eigenvalue weighted by Gasteiger charge is -2.08. The Morgan fingerprint density at radius 1 is 1.29 bits per heavy atom. The van der Waals surface area contributed by atoms with Crippen LogP contribution in [0, 0.1) is 0 Å². The molecule has 5 heteroatoms. The number of nitrogens with two attached hydrogens (primary N) is 1. The zero-order valence-electron chi connectivity index (χ0n) is 11.2. The maximum atomic E-state index is 10.8. The van der Waals surface area contributed by atoms with Crippen molar-refractivity contribution in [3.63, 3.8) is 0 Å². The van der Waals surface area contributed by atoms with Crippen LogP contribution in [-0.2, 0) is 9.53 Å². The minimum absolute atomic E-state index is 0.131. The second-order valence-corrected chi connectivity index (χ2v) is 4.31. The van der Waals surface area contributed by atoms with Crippen LogP contribution in [-0.4, -0.2) is 31.6 Å². The molecule has 0 heterocycles. The number of guanidine groups is 1. The van der Waals surface area contributed by atoms with Gasteiger partial charge in [-0.3, -0.25) is 9.79 Å². The third-order valence-electron chi connectivity index (χ3n) is 2.24. The van der Waals surface area contributed by atoms with E-state index in [4.69, 9.17) is 5.73 Å². The Labute approximate surface area is 104 Å². The summed E-state index contributed by atoms with van der Waals surface area (Å²) >= 11 is 0. The molecule has 0 aromatic heterocycles. The highest BCUT2D eigenvalue weighted by Gasteiger charge is 1.99. The van der Waals surface area contributed by atoms with Crippen LogP contribution in [0.1, 0.15) is 46.0 Å². The van der Waals surface area contributed by atoms with E-state index in [1.54, 1.807) is 0 Å². The standard InChI is InChI=1S/C12H25N3O2/c1-10(2)15-12(13)14-9-7-5-4-6-8-11(16)17-3/h10H,4-9H2,1-3H3,(H3,13,14,15). The lowest BCUT2D eigenvalue weighted by molar-refractivity contribution is -0.140. The maximum Gasteiger partial charge on any atom is 0.305 e. The number of aliphatic imine (C=N–C) groups is 1. The van der Waals surface area contributed by atoms with Crippen LogP contribution >= 0.6 is 0 Å². The molecule has 5 nitrogen and oxygen atoms in total. The van der Waals surface area contributed by atoms with Gasteiger partial charge >= 0.3 is 5.97 Å². The summed E-state index contributed by atoms with van der Waals surface area (Å²) in [5.74, 6) is 0.378. The number of esters is 1. The number of carbonyl (C=O) groups excluding carboxylic acids is 1. The van der Waals surface area contributed by atoms with Crippen LogP contribution in [0.15, 0.2) is 4.99 Å². The molecule has 0 fully saturated rings. The van der Waals surface area contributed by atoms with Crippen LogP contribution in [0.25, 0.3) is 0 Å². The first kappa shape index (κ1) is 15.7. The first-order valence-electron chi connectivity index (χ1n) is 6.19. The number of methoxy groups -OCH3 is 1. The zero-order valence-corrected chi connectivity index (χ0v) is 11.2. The van der Waals surface area contributed by atoms with E-state index in [1.165, 1.54) is 7.11 Å². The van der Waals surface area contributed by atoms with E-state index < -0.39 is 0 Å². The van der Waals surface area contributed by atoms with E-state index >= 15 is 0 Å². The number of ether oxygens (including phenoxy) is 1. The van der Waals surface area contributed by atoms with E-state index in [1.807, 2.05) is 13.8 Å². The summed E-state index contributed by atoms with van der Waals surface area (Å²) in [6.45, 7) is 4.79. The Bertz CT molecular complexity index is 240. The Balaban J connectivity index is 3.37. The third-order valence-corrected chi connectivity index (χ3v) is 2.24. The Hall–Kier alpha value is -1.26. The van der Waals surface area contributed by atoms with E-state index in [9.17, 15) is 4.79 Å². The van der Waals surface area contributed by atoms with E-state index in [-0.39, 0.29) is 5.97 Å². The average molecular weight is 243 g/mol. The second kappa shape index (κ2) is 9.93. The lowest BCUT2D eigenvalue weighted by Crippen LogP contribution is -2.36. The van der Waals surface area contributed by atoms with Crippen molar-refractivity contribution >= 4 is 11.9 Å². The number of hydrogen-bond donors (Lipinski definition) is 2. The van der Waals surface area contributed by atoms with Crippen LogP contribution in [0.3, 0.4) is 0 Å². The van der Waals surface area contributed by atoms with Crippen molar-refractivity contribution in [3.05, 3.63) is 0 Å². The first-order valence-corrected chi connectivity index (χ1v) is 6.19. The molecule has 0 aromatic rings. The molecule has 0 saturated carbocycles. The molecule has 0 bridgehead atoms. The summed E-state index contributed by atoms with van der Waals surface area (Å²) in [5, 5.41) is 3.03. The van der Waals surface area contributed by atoms with Gasteiger partial charge in [-0.25, -0.2) is 0 Å². The molecule has 0 unspecified atom stereocenters. The molecule has 0 aromatic carbocycles. The molecule has 0 spiro atoms. The van der Waals surface area contributed by atoms with Crippen LogP contribution in [0.4, 0.5) is 0 Å². The highest BCUT2D eigenvalue weighted by molar-refractivity contribution is 5.78. The summed E-state index contributed by atoms with van der Waals surface area (Å²) in [6.07, 6.45) is 4.49.